The van der Waals surface area contributed by atoms with Crippen molar-refractivity contribution in [1.82, 2.24) is 10.6 Å². The lowest BCUT2D eigenvalue weighted by Crippen LogP contribution is -2.40. The number of rotatable bonds is 3. The van der Waals surface area contributed by atoms with E-state index in [1.54, 1.807) is 0 Å². The van der Waals surface area contributed by atoms with Crippen LogP contribution < -0.4 is 10.6 Å². The average Bonchev–Trinajstić information content (AvgIpc) is 2.64. The molecular weight excluding hydrogens is 306 g/mol. The van der Waals surface area contributed by atoms with E-state index in [-0.39, 0.29) is 5.91 Å². The topological polar surface area (TPSA) is 53.5 Å². The van der Waals surface area contributed by atoms with Gasteiger partial charge in [-0.25, -0.2) is 0 Å². The van der Waals surface area contributed by atoms with Gasteiger partial charge in [-0.3, -0.25) is 15.1 Å². The van der Waals surface area contributed by atoms with Crippen LogP contribution in [0.15, 0.2) is 33.7 Å². The van der Waals surface area contributed by atoms with E-state index in [4.69, 9.17) is 0 Å². The normalized spacial score (nSPS) is 24.7. The molecule has 4 nitrogen and oxygen atoms in total. The van der Waals surface area contributed by atoms with E-state index in [1.807, 2.05) is 31.2 Å². The summed E-state index contributed by atoms with van der Waals surface area (Å²) in [6, 6.07) is 7.73. The van der Waals surface area contributed by atoms with Gasteiger partial charge in [0.15, 0.2) is 5.96 Å². The second-order valence-corrected chi connectivity index (χ2v) is 6.21. The van der Waals surface area contributed by atoms with Crippen LogP contribution in [0.4, 0.5) is 0 Å². The SMILES string of the molecule is CC(C)CN=C1NC(=O)C(C)(c2cccc(Br)c2)N1. The number of carbonyl (C=O) groups is 1. The largest absolute Gasteiger partial charge is 0.338 e. The number of halogens is 1. The molecule has 5 heteroatoms. The second-order valence-electron chi connectivity index (χ2n) is 5.30. The van der Waals surface area contributed by atoms with Gasteiger partial charge in [-0.15, -0.1) is 0 Å². The molecule has 1 aromatic rings. The number of amides is 1. The van der Waals surface area contributed by atoms with Crippen LogP contribution in [-0.2, 0) is 10.3 Å². The lowest BCUT2D eigenvalue weighted by atomic mass is 9.92. The molecule has 1 fully saturated rings. The Hall–Kier alpha value is -1.36. The Morgan fingerprint density at radius 2 is 2.16 bits per heavy atom. The Balaban J connectivity index is 2.25. The van der Waals surface area contributed by atoms with Gasteiger partial charge >= 0.3 is 0 Å². The Morgan fingerprint density at radius 1 is 1.42 bits per heavy atom. The van der Waals surface area contributed by atoms with Crippen LogP contribution in [0.5, 0.6) is 0 Å². The fourth-order valence-corrected chi connectivity index (χ4v) is 2.31. The van der Waals surface area contributed by atoms with Gasteiger partial charge in [0.25, 0.3) is 5.91 Å². The lowest BCUT2D eigenvalue weighted by Gasteiger charge is -2.21. The second kappa shape index (κ2) is 5.33. The number of aliphatic imine (C=N–C) groups is 1. The van der Waals surface area contributed by atoms with E-state index in [0.717, 1.165) is 10.0 Å². The first kappa shape index (κ1) is 14.1. The maximum Gasteiger partial charge on any atom is 0.256 e. The molecule has 0 radical (unpaired) electrons. The maximum atomic E-state index is 12.2. The molecule has 0 saturated carbocycles. The van der Waals surface area contributed by atoms with Crippen molar-refractivity contribution in [3.63, 3.8) is 0 Å². The van der Waals surface area contributed by atoms with Crippen LogP contribution in [0.25, 0.3) is 0 Å². The molecule has 2 rings (SSSR count). The predicted molar refractivity (Wildman–Crippen MR) is 79.9 cm³/mol. The summed E-state index contributed by atoms with van der Waals surface area (Å²) in [5.41, 5.74) is 0.147. The van der Waals surface area contributed by atoms with Crippen molar-refractivity contribution in [2.24, 2.45) is 10.9 Å². The van der Waals surface area contributed by atoms with Crippen LogP contribution in [0.2, 0.25) is 0 Å². The first-order valence-corrected chi connectivity index (χ1v) is 7.11. The zero-order valence-corrected chi connectivity index (χ0v) is 12.9. The molecule has 1 aromatic carbocycles. The van der Waals surface area contributed by atoms with Crippen LogP contribution >= 0.6 is 15.9 Å². The summed E-state index contributed by atoms with van der Waals surface area (Å²) in [5, 5.41) is 5.99. The summed E-state index contributed by atoms with van der Waals surface area (Å²) < 4.78 is 0.952. The molecule has 0 aliphatic carbocycles. The molecular formula is C14H18BrN3O. The summed E-state index contributed by atoms with van der Waals surface area (Å²) in [6.45, 7) is 6.74. The predicted octanol–water partition coefficient (Wildman–Crippen LogP) is 2.40. The number of hydrogen-bond donors (Lipinski definition) is 2. The summed E-state index contributed by atoms with van der Waals surface area (Å²) in [6.07, 6.45) is 0. The fraction of sp³-hybridized carbons (Fsp3) is 0.429. The van der Waals surface area contributed by atoms with Crippen molar-refractivity contribution in [2.45, 2.75) is 26.3 Å². The van der Waals surface area contributed by atoms with E-state index in [9.17, 15) is 4.79 Å². The zero-order chi connectivity index (χ0) is 14.0. The number of benzene rings is 1. The number of nitrogens with zero attached hydrogens (tertiary/aromatic N) is 1. The first-order chi connectivity index (χ1) is 8.91. The van der Waals surface area contributed by atoms with Gasteiger partial charge in [-0.05, 0) is 30.5 Å². The summed E-state index contributed by atoms with van der Waals surface area (Å²) >= 11 is 3.43. The van der Waals surface area contributed by atoms with Crippen molar-refractivity contribution in [1.29, 1.82) is 0 Å². The highest BCUT2D eigenvalue weighted by Crippen LogP contribution is 2.26. The molecule has 1 amide bonds. The monoisotopic (exact) mass is 323 g/mol. The quantitative estimate of drug-likeness (QED) is 0.897. The van der Waals surface area contributed by atoms with Gasteiger partial charge in [0.1, 0.15) is 5.54 Å². The molecule has 2 N–H and O–H groups in total. The fourth-order valence-electron chi connectivity index (χ4n) is 1.91. The van der Waals surface area contributed by atoms with Crippen LogP contribution in [0, 0.1) is 5.92 Å². The zero-order valence-electron chi connectivity index (χ0n) is 11.3. The Morgan fingerprint density at radius 3 is 2.79 bits per heavy atom. The maximum absolute atomic E-state index is 12.2. The third-order valence-corrected chi connectivity index (χ3v) is 3.56. The van der Waals surface area contributed by atoms with Gasteiger partial charge in [0.05, 0.1) is 0 Å². The molecule has 102 valence electrons. The third kappa shape index (κ3) is 2.97. The first-order valence-electron chi connectivity index (χ1n) is 6.32. The Labute approximate surface area is 121 Å². The van der Waals surface area contributed by atoms with Crippen LogP contribution in [0.1, 0.15) is 26.3 Å². The van der Waals surface area contributed by atoms with E-state index < -0.39 is 5.54 Å². The van der Waals surface area contributed by atoms with Gasteiger partial charge in [0.2, 0.25) is 0 Å². The molecule has 1 heterocycles. The Kier molecular flexibility index (Phi) is 3.94. The molecule has 19 heavy (non-hydrogen) atoms. The van der Waals surface area contributed by atoms with E-state index in [2.05, 4.69) is 45.4 Å². The molecule has 0 aromatic heterocycles. The highest BCUT2D eigenvalue weighted by atomic mass is 79.9. The van der Waals surface area contributed by atoms with Gasteiger partial charge in [-0.1, -0.05) is 41.9 Å². The van der Waals surface area contributed by atoms with E-state index >= 15 is 0 Å². The van der Waals surface area contributed by atoms with Crippen molar-refractivity contribution < 1.29 is 4.79 Å². The molecule has 1 saturated heterocycles. The van der Waals surface area contributed by atoms with Gasteiger partial charge in [-0.2, -0.15) is 0 Å². The lowest BCUT2D eigenvalue weighted by molar-refractivity contribution is -0.123. The molecule has 1 aliphatic rings. The minimum absolute atomic E-state index is 0.0758. The van der Waals surface area contributed by atoms with Crippen LogP contribution in [0.3, 0.4) is 0 Å². The highest BCUT2D eigenvalue weighted by molar-refractivity contribution is 9.10. The van der Waals surface area contributed by atoms with Crippen LogP contribution in [-0.4, -0.2) is 18.4 Å². The smallest absolute Gasteiger partial charge is 0.256 e. The Bertz CT molecular complexity index is 527. The molecule has 1 unspecified atom stereocenters. The van der Waals surface area contributed by atoms with Crippen molar-refractivity contribution in [3.8, 4) is 0 Å². The highest BCUT2D eigenvalue weighted by Gasteiger charge is 2.42. The third-order valence-electron chi connectivity index (χ3n) is 3.07. The van der Waals surface area contributed by atoms with Crippen molar-refractivity contribution in [2.75, 3.05) is 6.54 Å². The average molecular weight is 324 g/mol. The number of nitrogens with one attached hydrogen (secondary N) is 2. The molecule has 1 aliphatic heterocycles. The minimum atomic E-state index is -0.764. The van der Waals surface area contributed by atoms with Crippen molar-refractivity contribution >= 4 is 27.8 Å². The molecule has 0 bridgehead atoms. The van der Waals surface area contributed by atoms with Gasteiger partial charge in [0, 0.05) is 11.0 Å². The van der Waals surface area contributed by atoms with E-state index in [1.165, 1.54) is 0 Å². The molecule has 0 spiro atoms. The summed E-state index contributed by atoms with van der Waals surface area (Å²) in [7, 11) is 0. The number of guanidine groups is 1. The van der Waals surface area contributed by atoms with E-state index in [0.29, 0.717) is 18.4 Å². The summed E-state index contributed by atoms with van der Waals surface area (Å²) in [5.74, 6) is 0.943. The minimum Gasteiger partial charge on any atom is -0.338 e. The molecule has 1 atom stereocenters. The summed E-state index contributed by atoms with van der Waals surface area (Å²) in [4.78, 5) is 16.6. The number of carbonyl (C=O) groups excluding carboxylic acids is 1. The standard InChI is InChI=1S/C14H18BrN3O/c1-9(2)8-16-13-17-12(19)14(3,18-13)10-5-4-6-11(15)7-10/h4-7,9H,8H2,1-3H3,(H2,16,17,18,19). The van der Waals surface area contributed by atoms with Crippen molar-refractivity contribution in [3.05, 3.63) is 34.3 Å². The van der Waals surface area contributed by atoms with Gasteiger partial charge < -0.3 is 5.32 Å². The number of hydrogen-bond acceptors (Lipinski definition) is 2.